The first-order valence-electron chi connectivity index (χ1n) is 9.36. The van der Waals surface area contributed by atoms with Gasteiger partial charge in [0.25, 0.3) is 0 Å². The molecular weight excluding hydrogens is 346 g/mol. The zero-order valence-corrected chi connectivity index (χ0v) is 16.3. The van der Waals surface area contributed by atoms with Gasteiger partial charge in [0.1, 0.15) is 6.04 Å². The highest BCUT2D eigenvalue weighted by molar-refractivity contribution is 5.51. The summed E-state index contributed by atoms with van der Waals surface area (Å²) in [6.07, 6.45) is 0. The molecule has 3 aromatic carbocycles. The van der Waals surface area contributed by atoms with Gasteiger partial charge in [-0.05, 0) is 60.0 Å². The molecule has 0 aliphatic carbocycles. The van der Waals surface area contributed by atoms with Crippen LogP contribution < -0.4 is 5.32 Å². The van der Waals surface area contributed by atoms with Crippen molar-refractivity contribution in [2.45, 2.75) is 26.8 Å². The number of nitrogens with zero attached hydrogens (tertiary/aromatic N) is 4. The van der Waals surface area contributed by atoms with Crippen LogP contribution in [0.1, 0.15) is 34.1 Å². The zero-order chi connectivity index (χ0) is 19.5. The Balaban J connectivity index is 1.82. The van der Waals surface area contributed by atoms with Gasteiger partial charge in [-0.2, -0.15) is 4.68 Å². The highest BCUT2D eigenvalue weighted by Crippen LogP contribution is 2.28. The Bertz CT molecular complexity index is 1050. The smallest absolute Gasteiger partial charge is 0.183 e. The van der Waals surface area contributed by atoms with Crippen LogP contribution in [0.15, 0.2) is 72.8 Å². The van der Waals surface area contributed by atoms with Crippen molar-refractivity contribution in [2.75, 3.05) is 5.32 Å². The summed E-state index contributed by atoms with van der Waals surface area (Å²) in [6.45, 7) is 6.25. The molecule has 0 saturated heterocycles. The second kappa shape index (κ2) is 7.64. The fourth-order valence-corrected chi connectivity index (χ4v) is 3.43. The first kappa shape index (κ1) is 17.9. The third-order valence-corrected chi connectivity index (χ3v) is 4.90. The molecule has 5 heteroatoms. The molecule has 0 aliphatic heterocycles. The van der Waals surface area contributed by atoms with E-state index in [-0.39, 0.29) is 6.04 Å². The van der Waals surface area contributed by atoms with Gasteiger partial charge in [-0.15, -0.1) is 5.10 Å². The number of hydrogen-bond donors (Lipinski definition) is 1. The van der Waals surface area contributed by atoms with Crippen molar-refractivity contribution in [1.29, 1.82) is 0 Å². The predicted octanol–water partition coefficient (Wildman–Crippen LogP) is 4.79. The van der Waals surface area contributed by atoms with Crippen LogP contribution >= 0.6 is 0 Å². The summed E-state index contributed by atoms with van der Waals surface area (Å²) < 4.78 is 1.85. The number of aryl methyl sites for hydroxylation is 3. The van der Waals surface area contributed by atoms with Gasteiger partial charge >= 0.3 is 0 Å². The maximum Gasteiger partial charge on any atom is 0.183 e. The van der Waals surface area contributed by atoms with E-state index in [4.69, 9.17) is 0 Å². The molecule has 0 aliphatic rings. The molecular formula is C23H23N5. The van der Waals surface area contributed by atoms with Gasteiger partial charge in [0.15, 0.2) is 5.82 Å². The van der Waals surface area contributed by atoms with E-state index in [1.165, 1.54) is 5.56 Å². The van der Waals surface area contributed by atoms with E-state index < -0.39 is 0 Å². The Kier molecular flexibility index (Phi) is 4.89. The van der Waals surface area contributed by atoms with E-state index in [1.807, 2.05) is 22.9 Å². The van der Waals surface area contributed by atoms with Gasteiger partial charge in [0.05, 0.1) is 5.69 Å². The van der Waals surface area contributed by atoms with Crippen LogP contribution in [0.3, 0.4) is 0 Å². The van der Waals surface area contributed by atoms with E-state index in [0.29, 0.717) is 0 Å². The minimum Gasteiger partial charge on any atom is -0.371 e. The number of tetrazole rings is 1. The molecule has 1 atom stereocenters. The van der Waals surface area contributed by atoms with E-state index in [0.717, 1.165) is 33.9 Å². The molecule has 0 amide bonds. The highest BCUT2D eigenvalue weighted by atomic mass is 15.5. The Morgan fingerprint density at radius 3 is 2.14 bits per heavy atom. The Morgan fingerprint density at radius 1 is 0.786 bits per heavy atom. The number of hydrogen-bond acceptors (Lipinski definition) is 4. The number of para-hydroxylation sites is 1. The summed E-state index contributed by atoms with van der Waals surface area (Å²) in [6, 6.07) is 24.7. The lowest BCUT2D eigenvalue weighted by atomic mass is 10.0. The Morgan fingerprint density at radius 2 is 1.46 bits per heavy atom. The minimum atomic E-state index is -0.182. The lowest BCUT2D eigenvalue weighted by molar-refractivity contribution is 0.731. The van der Waals surface area contributed by atoms with Crippen LogP contribution in [0.5, 0.6) is 0 Å². The molecule has 4 rings (SSSR count). The molecule has 0 radical (unpaired) electrons. The van der Waals surface area contributed by atoms with Crippen molar-refractivity contribution in [3.8, 4) is 5.69 Å². The first-order chi connectivity index (χ1) is 13.6. The van der Waals surface area contributed by atoms with Crippen LogP contribution in [0.25, 0.3) is 5.69 Å². The van der Waals surface area contributed by atoms with Gasteiger partial charge in [0, 0.05) is 5.69 Å². The van der Waals surface area contributed by atoms with Crippen LogP contribution in [0.4, 0.5) is 5.69 Å². The average Bonchev–Trinajstić information content (AvgIpc) is 3.17. The molecule has 28 heavy (non-hydrogen) atoms. The van der Waals surface area contributed by atoms with Crippen LogP contribution in [-0.4, -0.2) is 20.2 Å². The van der Waals surface area contributed by atoms with Gasteiger partial charge in [-0.1, -0.05) is 66.2 Å². The van der Waals surface area contributed by atoms with Crippen LogP contribution in [0, 0.1) is 20.8 Å². The number of rotatable bonds is 5. The lowest BCUT2D eigenvalue weighted by Gasteiger charge is -2.21. The quantitative estimate of drug-likeness (QED) is 0.549. The molecule has 1 heterocycles. The van der Waals surface area contributed by atoms with Crippen molar-refractivity contribution in [1.82, 2.24) is 20.2 Å². The van der Waals surface area contributed by atoms with Gasteiger partial charge in [0.2, 0.25) is 0 Å². The lowest BCUT2D eigenvalue weighted by Crippen LogP contribution is -2.19. The summed E-state index contributed by atoms with van der Waals surface area (Å²) in [5.41, 5.74) is 6.64. The number of anilines is 1. The van der Waals surface area contributed by atoms with Gasteiger partial charge in [-0.25, -0.2) is 0 Å². The molecule has 5 nitrogen and oxygen atoms in total. The molecule has 0 saturated carbocycles. The minimum absolute atomic E-state index is 0.182. The third kappa shape index (κ3) is 3.51. The second-order valence-corrected chi connectivity index (χ2v) is 7.04. The van der Waals surface area contributed by atoms with Gasteiger partial charge in [-0.3, -0.25) is 0 Å². The number of aromatic nitrogens is 4. The molecule has 0 fully saturated rings. The maximum absolute atomic E-state index is 4.40. The molecule has 140 valence electrons. The predicted molar refractivity (Wildman–Crippen MR) is 112 cm³/mol. The average molecular weight is 369 g/mol. The van der Waals surface area contributed by atoms with Crippen molar-refractivity contribution in [3.63, 3.8) is 0 Å². The topological polar surface area (TPSA) is 55.6 Å². The van der Waals surface area contributed by atoms with Gasteiger partial charge < -0.3 is 5.32 Å². The van der Waals surface area contributed by atoms with Crippen molar-refractivity contribution < 1.29 is 0 Å². The normalized spacial score (nSPS) is 12.0. The monoisotopic (exact) mass is 369 g/mol. The van der Waals surface area contributed by atoms with Crippen molar-refractivity contribution in [2.24, 2.45) is 0 Å². The van der Waals surface area contributed by atoms with Crippen molar-refractivity contribution >= 4 is 5.69 Å². The Hall–Kier alpha value is -3.47. The zero-order valence-electron chi connectivity index (χ0n) is 16.3. The van der Waals surface area contributed by atoms with Crippen molar-refractivity contribution in [3.05, 3.63) is 101 Å². The van der Waals surface area contributed by atoms with Crippen LogP contribution in [0.2, 0.25) is 0 Å². The maximum atomic E-state index is 4.40. The van der Waals surface area contributed by atoms with Crippen LogP contribution in [-0.2, 0) is 0 Å². The molecule has 0 unspecified atom stereocenters. The molecule has 1 aromatic heterocycles. The molecule has 0 spiro atoms. The van der Waals surface area contributed by atoms with E-state index >= 15 is 0 Å². The summed E-state index contributed by atoms with van der Waals surface area (Å²) in [4.78, 5) is 0. The fourth-order valence-electron chi connectivity index (χ4n) is 3.43. The molecule has 1 N–H and O–H groups in total. The summed E-state index contributed by atoms with van der Waals surface area (Å²) >= 11 is 0. The standard InChI is InChI=1S/C23H23N5/c1-16-12-14-20(15-13-16)24-21(19-10-5-4-6-11-19)23-25-26-27-28(23)22-17(2)8-7-9-18(22)3/h4-15,21,24H,1-3H3/t21-/m0/s1. The second-order valence-electron chi connectivity index (χ2n) is 7.04. The highest BCUT2D eigenvalue weighted by Gasteiger charge is 2.23. The molecule has 4 aromatic rings. The SMILES string of the molecule is Cc1ccc(N[C@@H](c2ccccc2)c2nnnn2-c2c(C)cccc2C)cc1. The summed E-state index contributed by atoms with van der Waals surface area (Å²) in [5, 5.41) is 16.3. The third-order valence-electron chi connectivity index (χ3n) is 4.90. The van der Waals surface area contributed by atoms with E-state index in [1.54, 1.807) is 0 Å². The number of nitrogens with one attached hydrogen (secondary N) is 1. The number of benzene rings is 3. The van der Waals surface area contributed by atoms with E-state index in [2.05, 4.69) is 96.2 Å². The Labute approximate surface area is 165 Å². The first-order valence-corrected chi connectivity index (χ1v) is 9.36. The largest absolute Gasteiger partial charge is 0.371 e. The summed E-state index contributed by atoms with van der Waals surface area (Å²) in [7, 11) is 0. The fraction of sp³-hybridized carbons (Fsp3) is 0.174. The summed E-state index contributed by atoms with van der Waals surface area (Å²) in [5.74, 6) is 0.754. The molecule has 0 bridgehead atoms. The van der Waals surface area contributed by atoms with E-state index in [9.17, 15) is 0 Å².